The van der Waals surface area contributed by atoms with Crippen LogP contribution in [0.4, 0.5) is 0 Å². The van der Waals surface area contributed by atoms with E-state index >= 15 is 0 Å². The van der Waals surface area contributed by atoms with Crippen molar-refractivity contribution < 1.29 is 28.9 Å². The Morgan fingerprint density at radius 1 is 1.08 bits per heavy atom. The molecule has 1 saturated heterocycles. The Labute approximate surface area is 150 Å². The highest BCUT2D eigenvalue weighted by Crippen LogP contribution is 2.51. The zero-order valence-corrected chi connectivity index (χ0v) is 14.4. The molecule has 1 aliphatic carbocycles. The standard InChI is InChI=1S/C20H18O6/c1-24-15-8-12-13(9-16(15)25-2)20(23,11-6-4-3-5-7-11)14-10-26-19(22)17(14)18(12)21/h3-9,14,17,23H,10H2,1-2H3. The van der Waals surface area contributed by atoms with Gasteiger partial charge in [-0.25, -0.2) is 0 Å². The van der Waals surface area contributed by atoms with Crippen LogP contribution in [-0.4, -0.2) is 37.7 Å². The molecular formula is C20H18O6. The number of carbonyl (C=O) groups excluding carboxylic acids is 2. The van der Waals surface area contributed by atoms with E-state index in [0.717, 1.165) is 0 Å². The van der Waals surface area contributed by atoms with Crippen molar-refractivity contribution in [3.8, 4) is 11.5 Å². The monoisotopic (exact) mass is 354 g/mol. The maximum absolute atomic E-state index is 13.0. The van der Waals surface area contributed by atoms with Crippen LogP contribution in [0.3, 0.4) is 0 Å². The normalized spacial score (nSPS) is 26.7. The third kappa shape index (κ3) is 2.08. The summed E-state index contributed by atoms with van der Waals surface area (Å²) in [5.41, 5.74) is -0.324. The van der Waals surface area contributed by atoms with Gasteiger partial charge in [-0.1, -0.05) is 30.3 Å². The molecule has 134 valence electrons. The summed E-state index contributed by atoms with van der Waals surface area (Å²) in [7, 11) is 2.95. The quantitative estimate of drug-likeness (QED) is 0.670. The van der Waals surface area contributed by atoms with E-state index in [9.17, 15) is 14.7 Å². The molecule has 0 aromatic heterocycles. The Morgan fingerprint density at radius 3 is 2.38 bits per heavy atom. The van der Waals surface area contributed by atoms with Crippen LogP contribution in [0.1, 0.15) is 21.5 Å². The van der Waals surface area contributed by atoms with Gasteiger partial charge < -0.3 is 19.3 Å². The number of ketones is 1. The highest BCUT2D eigenvalue weighted by atomic mass is 16.5. The first-order valence-corrected chi connectivity index (χ1v) is 8.27. The van der Waals surface area contributed by atoms with Crippen molar-refractivity contribution in [2.45, 2.75) is 5.60 Å². The van der Waals surface area contributed by atoms with Gasteiger partial charge in [-0.05, 0) is 17.7 Å². The van der Waals surface area contributed by atoms with Crippen LogP contribution in [0, 0.1) is 11.8 Å². The smallest absolute Gasteiger partial charge is 0.317 e. The molecule has 26 heavy (non-hydrogen) atoms. The van der Waals surface area contributed by atoms with Crippen molar-refractivity contribution in [1.29, 1.82) is 0 Å². The van der Waals surface area contributed by atoms with Crippen molar-refractivity contribution in [1.82, 2.24) is 0 Å². The Kier molecular flexibility index (Phi) is 3.73. The molecule has 0 saturated carbocycles. The molecule has 1 fully saturated rings. The third-order valence-electron chi connectivity index (χ3n) is 5.29. The average molecular weight is 354 g/mol. The molecule has 1 heterocycles. The van der Waals surface area contributed by atoms with E-state index in [1.165, 1.54) is 20.3 Å². The lowest BCUT2D eigenvalue weighted by atomic mass is 9.64. The van der Waals surface area contributed by atoms with Gasteiger partial charge in [-0.15, -0.1) is 0 Å². The molecule has 4 rings (SSSR count). The van der Waals surface area contributed by atoms with Crippen LogP contribution >= 0.6 is 0 Å². The van der Waals surface area contributed by atoms with Crippen LogP contribution in [0.5, 0.6) is 11.5 Å². The summed E-state index contributed by atoms with van der Waals surface area (Å²) in [5, 5.41) is 11.8. The molecule has 3 unspecified atom stereocenters. The molecule has 1 N–H and O–H groups in total. The van der Waals surface area contributed by atoms with Crippen LogP contribution < -0.4 is 9.47 Å². The van der Waals surface area contributed by atoms with Crippen LogP contribution in [0.25, 0.3) is 0 Å². The molecule has 2 aliphatic rings. The van der Waals surface area contributed by atoms with Gasteiger partial charge in [0.15, 0.2) is 17.3 Å². The molecule has 6 nitrogen and oxygen atoms in total. The highest BCUT2D eigenvalue weighted by Gasteiger charge is 2.59. The molecule has 0 amide bonds. The van der Waals surface area contributed by atoms with E-state index in [-0.39, 0.29) is 18.0 Å². The van der Waals surface area contributed by atoms with E-state index < -0.39 is 23.4 Å². The predicted octanol–water partition coefficient (Wildman–Crippen LogP) is 1.93. The van der Waals surface area contributed by atoms with Gasteiger partial charge in [0.1, 0.15) is 11.5 Å². The first-order valence-electron chi connectivity index (χ1n) is 8.27. The van der Waals surface area contributed by atoms with E-state index in [1.807, 2.05) is 6.07 Å². The summed E-state index contributed by atoms with van der Waals surface area (Å²) >= 11 is 0. The zero-order chi connectivity index (χ0) is 18.5. The fraction of sp³-hybridized carbons (Fsp3) is 0.300. The zero-order valence-electron chi connectivity index (χ0n) is 14.4. The van der Waals surface area contributed by atoms with Crippen LogP contribution in [0.2, 0.25) is 0 Å². The molecule has 3 atom stereocenters. The van der Waals surface area contributed by atoms with Gasteiger partial charge in [0.2, 0.25) is 0 Å². The largest absolute Gasteiger partial charge is 0.493 e. The van der Waals surface area contributed by atoms with Crippen molar-refractivity contribution >= 4 is 11.8 Å². The summed E-state index contributed by atoms with van der Waals surface area (Å²) < 4.78 is 15.8. The molecule has 0 radical (unpaired) electrons. The number of Topliss-reactive ketones (excluding diaryl/α,β-unsaturated/α-hetero) is 1. The highest BCUT2D eigenvalue weighted by molar-refractivity contribution is 6.12. The second-order valence-corrected chi connectivity index (χ2v) is 6.46. The minimum Gasteiger partial charge on any atom is -0.493 e. The second kappa shape index (κ2) is 5.85. The van der Waals surface area contributed by atoms with E-state index in [0.29, 0.717) is 22.6 Å². The minimum absolute atomic E-state index is 0.0194. The fourth-order valence-corrected chi connectivity index (χ4v) is 4.00. The lowest BCUT2D eigenvalue weighted by Gasteiger charge is -2.40. The van der Waals surface area contributed by atoms with Crippen molar-refractivity contribution in [3.63, 3.8) is 0 Å². The number of fused-ring (bicyclic) bond motifs is 2. The molecule has 6 heteroatoms. The number of carbonyl (C=O) groups is 2. The number of cyclic esters (lactones) is 1. The lowest BCUT2D eigenvalue weighted by Crippen LogP contribution is -2.48. The SMILES string of the molecule is COc1cc2c(cc1OC)C(O)(c1ccccc1)C1COC(=O)C1C2=O. The number of aliphatic hydroxyl groups is 1. The molecule has 0 spiro atoms. The number of hydrogen-bond acceptors (Lipinski definition) is 6. The lowest BCUT2D eigenvalue weighted by molar-refractivity contribution is -0.140. The van der Waals surface area contributed by atoms with Gasteiger partial charge in [-0.2, -0.15) is 0 Å². The first-order chi connectivity index (χ1) is 12.5. The Hall–Kier alpha value is -2.86. The Morgan fingerprint density at radius 2 is 1.73 bits per heavy atom. The fourth-order valence-electron chi connectivity index (χ4n) is 4.00. The van der Waals surface area contributed by atoms with Gasteiger partial charge in [0.05, 0.1) is 26.7 Å². The summed E-state index contributed by atoms with van der Waals surface area (Å²) in [6.45, 7) is -0.0194. The number of ether oxygens (including phenoxy) is 3. The van der Waals surface area contributed by atoms with E-state index in [2.05, 4.69) is 0 Å². The molecule has 2 aromatic rings. The molecule has 2 aromatic carbocycles. The van der Waals surface area contributed by atoms with Gasteiger partial charge in [-0.3, -0.25) is 9.59 Å². The topological polar surface area (TPSA) is 82.1 Å². The predicted molar refractivity (Wildman–Crippen MR) is 91.3 cm³/mol. The van der Waals surface area contributed by atoms with Crippen molar-refractivity contribution in [2.24, 2.45) is 11.8 Å². The van der Waals surface area contributed by atoms with Gasteiger partial charge in [0.25, 0.3) is 0 Å². The van der Waals surface area contributed by atoms with Crippen LogP contribution in [-0.2, 0) is 15.1 Å². The number of hydrogen-bond donors (Lipinski definition) is 1. The second-order valence-electron chi connectivity index (χ2n) is 6.46. The minimum atomic E-state index is -1.55. The summed E-state index contributed by atoms with van der Waals surface area (Å²) in [5.74, 6) is -1.94. The maximum Gasteiger partial charge on any atom is 0.317 e. The summed E-state index contributed by atoms with van der Waals surface area (Å²) in [4.78, 5) is 25.2. The molecule has 0 bridgehead atoms. The number of esters is 1. The molecule has 1 aliphatic heterocycles. The van der Waals surface area contributed by atoms with Gasteiger partial charge >= 0.3 is 5.97 Å². The number of rotatable bonds is 3. The van der Waals surface area contributed by atoms with Gasteiger partial charge in [0, 0.05) is 11.1 Å². The number of benzene rings is 2. The van der Waals surface area contributed by atoms with Crippen LogP contribution in [0.15, 0.2) is 42.5 Å². The summed E-state index contributed by atoms with van der Waals surface area (Å²) in [6, 6.07) is 12.1. The third-order valence-corrected chi connectivity index (χ3v) is 5.29. The maximum atomic E-state index is 13.0. The average Bonchev–Trinajstić information content (AvgIpc) is 3.08. The van der Waals surface area contributed by atoms with Crippen molar-refractivity contribution in [2.75, 3.05) is 20.8 Å². The molecular weight excluding hydrogens is 336 g/mol. The Bertz CT molecular complexity index is 891. The van der Waals surface area contributed by atoms with Crippen molar-refractivity contribution in [3.05, 3.63) is 59.2 Å². The summed E-state index contributed by atoms with van der Waals surface area (Å²) in [6.07, 6.45) is 0. The Balaban J connectivity index is 2.04. The number of methoxy groups -OCH3 is 2. The van der Waals surface area contributed by atoms with E-state index in [1.54, 1.807) is 30.3 Å². The first kappa shape index (κ1) is 16.6. The van der Waals surface area contributed by atoms with E-state index in [4.69, 9.17) is 14.2 Å².